The molecule has 3 N–H and O–H groups in total. The summed E-state index contributed by atoms with van der Waals surface area (Å²) in [6, 6.07) is -2.79. The summed E-state index contributed by atoms with van der Waals surface area (Å²) in [6.07, 6.45) is -6.12. The van der Waals surface area contributed by atoms with Crippen LogP contribution in [0.15, 0.2) is 0 Å². The van der Waals surface area contributed by atoms with Crippen LogP contribution >= 0.6 is 0 Å². The SMILES string of the molecule is CC[C@H](C)[C@H](NC(=O)[C@@H]1[C@@H](C)[C@H](O)CN1C(=O)C(F)(F)F)C(=O)NCC(=O)OC(C)(C)C. The number of aliphatic hydroxyl groups is 1. The smallest absolute Gasteiger partial charge is 0.459 e. The molecule has 3 amide bonds. The Morgan fingerprint density at radius 3 is 2.22 bits per heavy atom. The van der Waals surface area contributed by atoms with Gasteiger partial charge in [0.1, 0.15) is 24.2 Å². The number of likely N-dealkylation sites (tertiary alicyclic amines) is 1. The van der Waals surface area contributed by atoms with Crippen LogP contribution in [0.3, 0.4) is 0 Å². The molecule has 0 spiro atoms. The molecule has 32 heavy (non-hydrogen) atoms. The Morgan fingerprint density at radius 2 is 1.75 bits per heavy atom. The van der Waals surface area contributed by atoms with Crippen molar-refractivity contribution in [3.05, 3.63) is 0 Å². The summed E-state index contributed by atoms with van der Waals surface area (Å²) >= 11 is 0. The van der Waals surface area contributed by atoms with Crippen LogP contribution < -0.4 is 10.6 Å². The minimum Gasteiger partial charge on any atom is -0.459 e. The van der Waals surface area contributed by atoms with Crippen molar-refractivity contribution in [2.75, 3.05) is 13.1 Å². The van der Waals surface area contributed by atoms with E-state index in [-0.39, 0.29) is 4.90 Å². The number of ether oxygens (including phenoxy) is 1. The molecular formula is C20H32F3N3O6. The van der Waals surface area contributed by atoms with Crippen molar-refractivity contribution in [2.24, 2.45) is 11.8 Å². The van der Waals surface area contributed by atoms with E-state index in [0.717, 1.165) is 0 Å². The number of amides is 3. The van der Waals surface area contributed by atoms with Gasteiger partial charge in [-0.25, -0.2) is 0 Å². The van der Waals surface area contributed by atoms with Crippen molar-refractivity contribution >= 4 is 23.7 Å². The molecule has 0 aliphatic carbocycles. The van der Waals surface area contributed by atoms with Crippen LogP contribution in [0, 0.1) is 11.8 Å². The van der Waals surface area contributed by atoms with E-state index in [0.29, 0.717) is 6.42 Å². The summed E-state index contributed by atoms with van der Waals surface area (Å²) < 4.78 is 43.9. The number of halogens is 3. The monoisotopic (exact) mass is 467 g/mol. The number of hydrogen-bond acceptors (Lipinski definition) is 6. The highest BCUT2D eigenvalue weighted by Gasteiger charge is 2.53. The Kier molecular flexibility index (Phi) is 9.07. The summed E-state index contributed by atoms with van der Waals surface area (Å²) in [6.45, 7) is 8.57. The number of nitrogens with one attached hydrogen (secondary N) is 2. The lowest BCUT2D eigenvalue weighted by atomic mass is 9.95. The second-order valence-corrected chi connectivity index (χ2v) is 9.00. The number of carbonyl (C=O) groups excluding carboxylic acids is 4. The highest BCUT2D eigenvalue weighted by Crippen LogP contribution is 2.30. The number of alkyl halides is 3. The Bertz CT molecular complexity index is 722. The van der Waals surface area contributed by atoms with E-state index >= 15 is 0 Å². The molecule has 0 aromatic heterocycles. The average molecular weight is 467 g/mol. The van der Waals surface area contributed by atoms with Gasteiger partial charge in [0, 0.05) is 12.5 Å². The molecule has 0 aromatic rings. The predicted octanol–water partition coefficient (Wildman–Crippen LogP) is 0.745. The first kappa shape index (κ1) is 27.7. The van der Waals surface area contributed by atoms with Crippen LogP contribution in [0.1, 0.15) is 48.0 Å². The maximum Gasteiger partial charge on any atom is 0.471 e. The van der Waals surface area contributed by atoms with Gasteiger partial charge in [0.05, 0.1) is 6.10 Å². The quantitative estimate of drug-likeness (QED) is 0.475. The van der Waals surface area contributed by atoms with Gasteiger partial charge in [-0.05, 0) is 26.7 Å². The Balaban J connectivity index is 2.97. The molecule has 1 rings (SSSR count). The molecule has 5 atom stereocenters. The van der Waals surface area contributed by atoms with Crippen molar-refractivity contribution in [2.45, 2.75) is 77.9 Å². The van der Waals surface area contributed by atoms with E-state index in [1.807, 2.05) is 0 Å². The molecule has 0 bridgehead atoms. The maximum absolute atomic E-state index is 12.9. The third kappa shape index (κ3) is 7.35. The van der Waals surface area contributed by atoms with E-state index in [4.69, 9.17) is 4.74 Å². The summed E-state index contributed by atoms with van der Waals surface area (Å²) in [5.74, 6) is -6.08. The first-order valence-corrected chi connectivity index (χ1v) is 10.3. The molecule has 12 heteroatoms. The van der Waals surface area contributed by atoms with Gasteiger partial charge in [-0.1, -0.05) is 27.2 Å². The zero-order valence-corrected chi connectivity index (χ0v) is 19.1. The number of nitrogens with zero attached hydrogens (tertiary/aromatic N) is 1. The fraction of sp³-hybridized carbons (Fsp3) is 0.800. The standard InChI is InChI=1S/C20H32F3N3O6/c1-7-10(2)14(16(29)24-8-13(28)32-19(4,5)6)25-17(30)15-11(3)12(27)9-26(15)18(31)20(21,22)23/h10-12,14-15,27H,7-9H2,1-6H3,(H,24,29)(H,25,30)/t10-,11-,12+,14-,15-/m0/s1. The zero-order chi connectivity index (χ0) is 25.0. The minimum absolute atomic E-state index is 0.275. The molecule has 1 aliphatic rings. The van der Waals surface area contributed by atoms with Crippen molar-refractivity contribution < 1.29 is 42.2 Å². The molecule has 1 fully saturated rings. The molecule has 0 unspecified atom stereocenters. The van der Waals surface area contributed by atoms with Gasteiger partial charge in [-0.15, -0.1) is 0 Å². The fourth-order valence-electron chi connectivity index (χ4n) is 3.32. The molecule has 0 radical (unpaired) electrons. The molecule has 184 valence electrons. The van der Waals surface area contributed by atoms with Gasteiger partial charge in [0.25, 0.3) is 0 Å². The number of β-amino-alcohol motifs (C(OH)–C–C–N with tert-alkyl or cyclic N) is 1. The lowest BCUT2D eigenvalue weighted by molar-refractivity contribution is -0.187. The normalized spacial score (nSPS) is 23.3. The van der Waals surface area contributed by atoms with E-state index in [1.165, 1.54) is 6.92 Å². The number of hydrogen-bond donors (Lipinski definition) is 3. The van der Waals surface area contributed by atoms with Crippen molar-refractivity contribution in [1.82, 2.24) is 15.5 Å². The molecule has 1 aliphatic heterocycles. The zero-order valence-electron chi connectivity index (χ0n) is 19.1. The van der Waals surface area contributed by atoms with Crippen molar-refractivity contribution in [1.29, 1.82) is 0 Å². The van der Waals surface area contributed by atoms with Gasteiger partial charge in [-0.3, -0.25) is 19.2 Å². The van der Waals surface area contributed by atoms with Crippen LogP contribution in [-0.2, 0) is 23.9 Å². The highest BCUT2D eigenvalue weighted by atomic mass is 19.4. The van der Waals surface area contributed by atoms with Crippen LogP contribution in [0.2, 0.25) is 0 Å². The Labute approximate surface area is 185 Å². The Hall–Kier alpha value is -2.37. The third-order valence-electron chi connectivity index (χ3n) is 5.22. The summed E-state index contributed by atoms with van der Waals surface area (Å²) in [4.78, 5) is 49.4. The highest BCUT2D eigenvalue weighted by molar-refractivity contribution is 5.94. The summed E-state index contributed by atoms with van der Waals surface area (Å²) in [5, 5.41) is 14.7. The molecule has 1 heterocycles. The van der Waals surface area contributed by atoms with E-state index in [2.05, 4.69) is 10.6 Å². The number of carbonyl (C=O) groups is 4. The minimum atomic E-state index is -5.22. The molecular weight excluding hydrogens is 435 g/mol. The molecule has 0 saturated carbocycles. The fourth-order valence-corrected chi connectivity index (χ4v) is 3.32. The van der Waals surface area contributed by atoms with Gasteiger partial charge >= 0.3 is 18.1 Å². The van der Waals surface area contributed by atoms with Crippen LogP contribution in [-0.4, -0.2) is 76.8 Å². The Morgan fingerprint density at radius 1 is 1.19 bits per heavy atom. The molecule has 1 saturated heterocycles. The first-order valence-electron chi connectivity index (χ1n) is 10.3. The van der Waals surface area contributed by atoms with Crippen LogP contribution in [0.25, 0.3) is 0 Å². The average Bonchev–Trinajstić information content (AvgIpc) is 2.95. The van der Waals surface area contributed by atoms with Gasteiger partial charge < -0.3 is 25.4 Å². The topological polar surface area (TPSA) is 125 Å². The number of esters is 1. The van der Waals surface area contributed by atoms with Crippen LogP contribution in [0.5, 0.6) is 0 Å². The third-order valence-corrected chi connectivity index (χ3v) is 5.22. The second-order valence-electron chi connectivity index (χ2n) is 9.00. The largest absolute Gasteiger partial charge is 0.471 e. The van der Waals surface area contributed by atoms with Crippen molar-refractivity contribution in [3.63, 3.8) is 0 Å². The van der Waals surface area contributed by atoms with E-state index in [9.17, 15) is 37.5 Å². The van der Waals surface area contributed by atoms with Gasteiger partial charge in [-0.2, -0.15) is 13.2 Å². The lowest BCUT2D eigenvalue weighted by Gasteiger charge is -2.30. The maximum atomic E-state index is 12.9. The van der Waals surface area contributed by atoms with Gasteiger partial charge in [0.2, 0.25) is 11.8 Å². The predicted molar refractivity (Wildman–Crippen MR) is 107 cm³/mol. The van der Waals surface area contributed by atoms with Crippen LogP contribution in [0.4, 0.5) is 13.2 Å². The van der Waals surface area contributed by atoms with E-state index < -0.39 is 78.6 Å². The first-order chi connectivity index (χ1) is 14.5. The molecule has 0 aromatic carbocycles. The van der Waals surface area contributed by atoms with Crippen molar-refractivity contribution in [3.8, 4) is 0 Å². The lowest BCUT2D eigenvalue weighted by Crippen LogP contribution is -2.57. The van der Waals surface area contributed by atoms with E-state index in [1.54, 1.807) is 34.6 Å². The summed E-state index contributed by atoms with van der Waals surface area (Å²) in [7, 11) is 0. The summed E-state index contributed by atoms with van der Waals surface area (Å²) in [5.41, 5.74) is -0.764. The number of aliphatic hydroxyl groups excluding tert-OH is 1. The molecule has 9 nitrogen and oxygen atoms in total. The number of rotatable bonds is 7. The van der Waals surface area contributed by atoms with Gasteiger partial charge in [0.15, 0.2) is 0 Å². The second kappa shape index (κ2) is 10.5.